The molecule has 1 atom stereocenters. The molecule has 3 N–H and O–H groups in total. The third kappa shape index (κ3) is 2.22. The smallest absolute Gasteiger partial charge is 0.228 e. The lowest BCUT2D eigenvalue weighted by atomic mass is 10.2. The van der Waals surface area contributed by atoms with Gasteiger partial charge in [0.05, 0.1) is 0 Å². The Labute approximate surface area is 110 Å². The van der Waals surface area contributed by atoms with Crippen LogP contribution in [0.25, 0.3) is 11.4 Å². The standard InChI is InChI=1S/C13H15N5O/c1-8-15-13(17-16-8)9-3-2-4-11(5-9)18-7-10(14)6-12(18)19/h2-5,10H,6-7,14H2,1H3,(H,15,16,17). The van der Waals surface area contributed by atoms with Crippen molar-refractivity contribution in [3.63, 3.8) is 0 Å². The summed E-state index contributed by atoms with van der Waals surface area (Å²) in [4.78, 5) is 17.8. The lowest BCUT2D eigenvalue weighted by Crippen LogP contribution is -2.27. The molecule has 3 rings (SSSR count). The molecule has 0 aliphatic carbocycles. The maximum Gasteiger partial charge on any atom is 0.228 e. The number of hydrogen-bond donors (Lipinski definition) is 2. The summed E-state index contributed by atoms with van der Waals surface area (Å²) in [5.41, 5.74) is 7.54. The number of aromatic nitrogens is 3. The highest BCUT2D eigenvalue weighted by atomic mass is 16.2. The van der Waals surface area contributed by atoms with Crippen LogP contribution in [-0.4, -0.2) is 33.7 Å². The molecule has 0 saturated carbocycles. The molecule has 1 fully saturated rings. The maximum absolute atomic E-state index is 11.8. The highest BCUT2D eigenvalue weighted by molar-refractivity contribution is 5.96. The Morgan fingerprint density at radius 1 is 1.47 bits per heavy atom. The van der Waals surface area contributed by atoms with Crippen molar-refractivity contribution < 1.29 is 4.79 Å². The third-order valence-corrected chi connectivity index (χ3v) is 3.17. The molecule has 1 aliphatic heterocycles. The molecule has 0 spiro atoms. The number of carbonyl (C=O) groups is 1. The lowest BCUT2D eigenvalue weighted by molar-refractivity contribution is -0.117. The van der Waals surface area contributed by atoms with Gasteiger partial charge in [-0.2, -0.15) is 5.10 Å². The van der Waals surface area contributed by atoms with E-state index in [-0.39, 0.29) is 11.9 Å². The second-order valence-electron chi connectivity index (χ2n) is 4.76. The van der Waals surface area contributed by atoms with Crippen LogP contribution in [0.15, 0.2) is 24.3 Å². The van der Waals surface area contributed by atoms with Gasteiger partial charge in [0.25, 0.3) is 0 Å². The van der Waals surface area contributed by atoms with Gasteiger partial charge in [-0.25, -0.2) is 4.98 Å². The number of nitrogens with two attached hydrogens (primary N) is 1. The third-order valence-electron chi connectivity index (χ3n) is 3.17. The second-order valence-corrected chi connectivity index (χ2v) is 4.76. The average molecular weight is 257 g/mol. The van der Waals surface area contributed by atoms with Crippen molar-refractivity contribution in [1.82, 2.24) is 15.2 Å². The molecule has 0 bridgehead atoms. The van der Waals surface area contributed by atoms with Crippen molar-refractivity contribution in [2.75, 3.05) is 11.4 Å². The minimum absolute atomic E-state index is 0.0656. The largest absolute Gasteiger partial charge is 0.326 e. The number of anilines is 1. The summed E-state index contributed by atoms with van der Waals surface area (Å²) in [6.07, 6.45) is 0.407. The normalized spacial score (nSPS) is 19.2. The molecule has 2 aromatic rings. The molecule has 1 aliphatic rings. The summed E-state index contributed by atoms with van der Waals surface area (Å²) in [6, 6.07) is 7.55. The topological polar surface area (TPSA) is 87.9 Å². The number of rotatable bonds is 2. The van der Waals surface area contributed by atoms with Crippen LogP contribution in [0.4, 0.5) is 5.69 Å². The van der Waals surface area contributed by atoms with Crippen molar-refractivity contribution in [1.29, 1.82) is 0 Å². The van der Waals surface area contributed by atoms with Crippen LogP contribution in [-0.2, 0) is 4.79 Å². The molecular weight excluding hydrogens is 242 g/mol. The molecule has 1 aromatic heterocycles. The zero-order valence-electron chi connectivity index (χ0n) is 10.6. The van der Waals surface area contributed by atoms with E-state index in [9.17, 15) is 4.79 Å². The van der Waals surface area contributed by atoms with Gasteiger partial charge in [0.2, 0.25) is 5.91 Å². The van der Waals surface area contributed by atoms with E-state index in [2.05, 4.69) is 15.2 Å². The van der Waals surface area contributed by atoms with E-state index < -0.39 is 0 Å². The molecule has 1 saturated heterocycles. The van der Waals surface area contributed by atoms with E-state index in [0.29, 0.717) is 18.8 Å². The molecule has 6 nitrogen and oxygen atoms in total. The van der Waals surface area contributed by atoms with Crippen LogP contribution < -0.4 is 10.6 Å². The van der Waals surface area contributed by atoms with Crippen molar-refractivity contribution in [3.05, 3.63) is 30.1 Å². The highest BCUT2D eigenvalue weighted by Gasteiger charge is 2.28. The zero-order valence-corrected chi connectivity index (χ0v) is 10.6. The molecule has 1 unspecified atom stereocenters. The van der Waals surface area contributed by atoms with Crippen LogP contribution in [0.2, 0.25) is 0 Å². The molecule has 19 heavy (non-hydrogen) atoms. The molecule has 1 amide bonds. The number of nitrogens with zero attached hydrogens (tertiary/aromatic N) is 3. The Balaban J connectivity index is 1.94. The fraction of sp³-hybridized carbons (Fsp3) is 0.308. The first-order valence-electron chi connectivity index (χ1n) is 6.19. The van der Waals surface area contributed by atoms with Crippen molar-refractivity contribution in [3.8, 4) is 11.4 Å². The van der Waals surface area contributed by atoms with Crippen molar-refractivity contribution in [2.45, 2.75) is 19.4 Å². The van der Waals surface area contributed by atoms with E-state index in [0.717, 1.165) is 17.1 Å². The van der Waals surface area contributed by atoms with Crippen LogP contribution in [0.1, 0.15) is 12.2 Å². The number of aryl methyl sites for hydroxylation is 1. The summed E-state index contributed by atoms with van der Waals surface area (Å²) in [5, 5.41) is 6.93. The first-order valence-corrected chi connectivity index (χ1v) is 6.19. The first kappa shape index (κ1) is 11.9. The summed E-state index contributed by atoms with van der Waals surface area (Å²) in [6.45, 7) is 2.42. The second kappa shape index (κ2) is 4.47. The number of aromatic amines is 1. The van der Waals surface area contributed by atoms with Gasteiger partial charge in [0.15, 0.2) is 5.82 Å². The molecule has 1 aromatic carbocycles. The van der Waals surface area contributed by atoms with Crippen LogP contribution in [0.5, 0.6) is 0 Å². The van der Waals surface area contributed by atoms with Gasteiger partial charge >= 0.3 is 0 Å². The molecular formula is C13H15N5O. The maximum atomic E-state index is 11.8. The fourth-order valence-corrected chi connectivity index (χ4v) is 2.27. The number of carbonyl (C=O) groups excluding carboxylic acids is 1. The Morgan fingerprint density at radius 3 is 2.95 bits per heavy atom. The van der Waals surface area contributed by atoms with Gasteiger partial charge in [-0.05, 0) is 19.1 Å². The molecule has 0 radical (unpaired) electrons. The van der Waals surface area contributed by atoms with E-state index in [1.165, 1.54) is 0 Å². The van der Waals surface area contributed by atoms with Gasteiger partial charge in [-0.15, -0.1) is 0 Å². The lowest BCUT2D eigenvalue weighted by Gasteiger charge is -2.16. The van der Waals surface area contributed by atoms with Crippen LogP contribution >= 0.6 is 0 Å². The van der Waals surface area contributed by atoms with Gasteiger partial charge in [0, 0.05) is 30.3 Å². The molecule has 98 valence electrons. The van der Waals surface area contributed by atoms with E-state index in [1.807, 2.05) is 31.2 Å². The predicted molar refractivity (Wildman–Crippen MR) is 71.5 cm³/mol. The minimum atomic E-state index is -0.0816. The number of nitrogens with one attached hydrogen (secondary N) is 1. The summed E-state index contributed by atoms with van der Waals surface area (Å²) >= 11 is 0. The van der Waals surface area contributed by atoms with Crippen molar-refractivity contribution >= 4 is 11.6 Å². The van der Waals surface area contributed by atoms with Gasteiger partial charge < -0.3 is 10.6 Å². The molecule has 2 heterocycles. The number of benzene rings is 1. The zero-order chi connectivity index (χ0) is 13.4. The SMILES string of the molecule is Cc1nc(-c2cccc(N3CC(N)CC3=O)c2)n[nH]1. The summed E-state index contributed by atoms with van der Waals surface area (Å²) < 4.78 is 0. The van der Waals surface area contributed by atoms with Gasteiger partial charge in [0.1, 0.15) is 5.82 Å². The Hall–Kier alpha value is -2.21. The number of hydrogen-bond acceptors (Lipinski definition) is 4. The van der Waals surface area contributed by atoms with E-state index in [4.69, 9.17) is 5.73 Å². The highest BCUT2D eigenvalue weighted by Crippen LogP contribution is 2.25. The van der Waals surface area contributed by atoms with Crippen LogP contribution in [0, 0.1) is 6.92 Å². The Morgan fingerprint density at radius 2 is 2.32 bits per heavy atom. The van der Waals surface area contributed by atoms with Gasteiger partial charge in [-0.1, -0.05) is 12.1 Å². The fourth-order valence-electron chi connectivity index (χ4n) is 2.27. The summed E-state index contributed by atoms with van der Waals surface area (Å²) in [7, 11) is 0. The summed E-state index contributed by atoms with van der Waals surface area (Å²) in [5.74, 6) is 1.46. The monoisotopic (exact) mass is 257 g/mol. The number of H-pyrrole nitrogens is 1. The average Bonchev–Trinajstić information content (AvgIpc) is 2.96. The minimum Gasteiger partial charge on any atom is -0.326 e. The Bertz CT molecular complexity index is 621. The quantitative estimate of drug-likeness (QED) is 0.834. The van der Waals surface area contributed by atoms with E-state index >= 15 is 0 Å². The Kier molecular flexibility index (Phi) is 2.79. The first-order chi connectivity index (χ1) is 9.13. The molecule has 6 heteroatoms. The predicted octanol–water partition coefficient (Wildman–Crippen LogP) is 0.844. The van der Waals surface area contributed by atoms with Crippen LogP contribution in [0.3, 0.4) is 0 Å². The van der Waals surface area contributed by atoms with Crippen molar-refractivity contribution in [2.24, 2.45) is 5.73 Å². The number of amides is 1. The van der Waals surface area contributed by atoms with Gasteiger partial charge in [-0.3, -0.25) is 9.89 Å². The van der Waals surface area contributed by atoms with E-state index in [1.54, 1.807) is 4.90 Å².